The number of aryl methyl sites for hydroxylation is 1. The number of aromatic nitrogens is 2. The van der Waals surface area contributed by atoms with Crippen molar-refractivity contribution in [2.45, 2.75) is 38.6 Å². The lowest BCUT2D eigenvalue weighted by Crippen LogP contribution is -2.33. The van der Waals surface area contributed by atoms with Gasteiger partial charge in [-0.3, -0.25) is 9.89 Å². The predicted octanol–water partition coefficient (Wildman–Crippen LogP) is 0.973. The first-order valence-electron chi connectivity index (χ1n) is 5.30. The Balaban J connectivity index is 2.04. The van der Waals surface area contributed by atoms with Gasteiger partial charge in [-0.2, -0.15) is 5.10 Å². The number of nitrogens with two attached hydrogens (primary N) is 1. The maximum atomic E-state index is 11.8. The van der Waals surface area contributed by atoms with E-state index in [0.717, 1.165) is 18.5 Å². The average Bonchev–Trinajstić information content (AvgIpc) is 2.79. The summed E-state index contributed by atoms with van der Waals surface area (Å²) in [6.07, 6.45) is 4.52. The topological polar surface area (TPSA) is 83.8 Å². The number of amides is 1. The van der Waals surface area contributed by atoms with Gasteiger partial charge in [0.15, 0.2) is 5.69 Å². The molecule has 0 spiro atoms. The maximum absolute atomic E-state index is 11.8. The van der Waals surface area contributed by atoms with Crippen molar-refractivity contribution >= 4 is 11.6 Å². The van der Waals surface area contributed by atoms with Gasteiger partial charge in [0.1, 0.15) is 0 Å². The van der Waals surface area contributed by atoms with Crippen LogP contribution in [0.5, 0.6) is 0 Å². The number of H-pyrrole nitrogens is 1. The Kier molecular flexibility index (Phi) is 2.62. The van der Waals surface area contributed by atoms with Gasteiger partial charge >= 0.3 is 0 Å². The standard InChI is InChI=1S/C10H16N4O/c1-6-8(11)9(14-13-6)10(15)12-7-4-2-3-5-7/h7H,2-5,11H2,1H3,(H,12,15)(H,13,14). The quantitative estimate of drug-likeness (QED) is 0.677. The molecule has 1 heterocycles. The zero-order valence-corrected chi connectivity index (χ0v) is 8.84. The van der Waals surface area contributed by atoms with Crippen LogP contribution in [-0.4, -0.2) is 22.1 Å². The number of carbonyl (C=O) groups is 1. The highest BCUT2D eigenvalue weighted by atomic mass is 16.2. The summed E-state index contributed by atoms with van der Waals surface area (Å²) in [5.41, 5.74) is 7.23. The lowest BCUT2D eigenvalue weighted by atomic mass is 10.2. The second-order valence-electron chi connectivity index (χ2n) is 4.07. The summed E-state index contributed by atoms with van der Waals surface area (Å²) in [6, 6.07) is 0.300. The number of rotatable bonds is 2. The third kappa shape index (κ3) is 1.95. The third-order valence-electron chi connectivity index (χ3n) is 2.90. The van der Waals surface area contributed by atoms with E-state index in [1.165, 1.54) is 12.8 Å². The number of nitrogens with zero attached hydrogens (tertiary/aromatic N) is 1. The Morgan fingerprint density at radius 3 is 2.73 bits per heavy atom. The van der Waals surface area contributed by atoms with Gasteiger partial charge in [0.2, 0.25) is 0 Å². The van der Waals surface area contributed by atoms with Crippen molar-refractivity contribution in [3.05, 3.63) is 11.4 Å². The van der Waals surface area contributed by atoms with Crippen molar-refractivity contribution in [2.24, 2.45) is 0 Å². The number of hydrogen-bond donors (Lipinski definition) is 3. The first-order chi connectivity index (χ1) is 7.18. The lowest BCUT2D eigenvalue weighted by Gasteiger charge is -2.10. The van der Waals surface area contributed by atoms with E-state index in [1.54, 1.807) is 6.92 Å². The molecule has 4 N–H and O–H groups in total. The second-order valence-corrected chi connectivity index (χ2v) is 4.07. The first-order valence-corrected chi connectivity index (χ1v) is 5.30. The Morgan fingerprint density at radius 1 is 1.53 bits per heavy atom. The number of carbonyl (C=O) groups excluding carboxylic acids is 1. The fourth-order valence-electron chi connectivity index (χ4n) is 1.93. The molecule has 1 aromatic heterocycles. The molecule has 2 rings (SSSR count). The summed E-state index contributed by atoms with van der Waals surface area (Å²) in [6.45, 7) is 1.80. The van der Waals surface area contributed by atoms with Gasteiger partial charge in [0.25, 0.3) is 5.91 Å². The van der Waals surface area contributed by atoms with Crippen LogP contribution in [0.4, 0.5) is 5.69 Å². The lowest BCUT2D eigenvalue weighted by molar-refractivity contribution is 0.0933. The van der Waals surface area contributed by atoms with Crippen molar-refractivity contribution in [3.8, 4) is 0 Å². The molecule has 1 saturated carbocycles. The fourth-order valence-corrected chi connectivity index (χ4v) is 1.93. The van der Waals surface area contributed by atoms with Gasteiger partial charge in [-0.15, -0.1) is 0 Å². The van der Waals surface area contributed by atoms with E-state index in [4.69, 9.17) is 5.73 Å². The molecule has 82 valence electrons. The molecular formula is C10H16N4O. The molecule has 0 radical (unpaired) electrons. The van der Waals surface area contributed by atoms with E-state index in [2.05, 4.69) is 15.5 Å². The van der Waals surface area contributed by atoms with Crippen molar-refractivity contribution < 1.29 is 4.79 Å². The average molecular weight is 208 g/mol. The minimum Gasteiger partial charge on any atom is -0.395 e. The number of nitrogen functional groups attached to an aromatic ring is 1. The van der Waals surface area contributed by atoms with Gasteiger partial charge in [-0.25, -0.2) is 0 Å². The summed E-state index contributed by atoms with van der Waals surface area (Å²) in [5, 5.41) is 9.55. The molecule has 0 atom stereocenters. The SMILES string of the molecule is Cc1[nH]nc(C(=O)NC2CCCC2)c1N. The van der Waals surface area contributed by atoms with Crippen molar-refractivity contribution in [1.82, 2.24) is 15.5 Å². The minimum absolute atomic E-state index is 0.163. The van der Waals surface area contributed by atoms with Gasteiger partial charge in [0, 0.05) is 6.04 Å². The molecule has 1 fully saturated rings. The normalized spacial score (nSPS) is 16.9. The summed E-state index contributed by atoms with van der Waals surface area (Å²) in [5.74, 6) is -0.163. The maximum Gasteiger partial charge on any atom is 0.274 e. The Morgan fingerprint density at radius 2 is 2.20 bits per heavy atom. The van der Waals surface area contributed by atoms with Crippen LogP contribution in [0.2, 0.25) is 0 Å². The number of nitrogens with one attached hydrogen (secondary N) is 2. The highest BCUT2D eigenvalue weighted by molar-refractivity contribution is 5.97. The van der Waals surface area contributed by atoms with Crippen LogP contribution in [0.1, 0.15) is 41.9 Å². The highest BCUT2D eigenvalue weighted by Gasteiger charge is 2.21. The molecule has 0 aliphatic heterocycles. The molecule has 0 unspecified atom stereocenters. The molecule has 0 saturated heterocycles. The Labute approximate surface area is 88.4 Å². The molecule has 15 heavy (non-hydrogen) atoms. The molecule has 1 aromatic rings. The zero-order chi connectivity index (χ0) is 10.8. The van der Waals surface area contributed by atoms with Gasteiger partial charge in [-0.1, -0.05) is 12.8 Å². The van der Waals surface area contributed by atoms with Gasteiger partial charge in [0.05, 0.1) is 11.4 Å². The van der Waals surface area contributed by atoms with Gasteiger partial charge in [-0.05, 0) is 19.8 Å². The largest absolute Gasteiger partial charge is 0.395 e. The van der Waals surface area contributed by atoms with E-state index >= 15 is 0 Å². The molecule has 1 amide bonds. The molecular weight excluding hydrogens is 192 g/mol. The van der Waals surface area contributed by atoms with Crippen molar-refractivity contribution in [1.29, 1.82) is 0 Å². The minimum atomic E-state index is -0.163. The molecule has 0 aromatic carbocycles. The summed E-state index contributed by atoms with van der Waals surface area (Å²) in [4.78, 5) is 11.8. The fraction of sp³-hybridized carbons (Fsp3) is 0.600. The highest BCUT2D eigenvalue weighted by Crippen LogP contribution is 2.19. The summed E-state index contributed by atoms with van der Waals surface area (Å²) < 4.78 is 0. The van der Waals surface area contributed by atoms with Crippen LogP contribution in [0.15, 0.2) is 0 Å². The molecule has 5 heteroatoms. The zero-order valence-electron chi connectivity index (χ0n) is 8.84. The molecule has 0 bridgehead atoms. The summed E-state index contributed by atoms with van der Waals surface area (Å²) >= 11 is 0. The van der Waals surface area contributed by atoms with Gasteiger partial charge < -0.3 is 11.1 Å². The number of anilines is 1. The monoisotopic (exact) mass is 208 g/mol. The van der Waals surface area contributed by atoms with Crippen molar-refractivity contribution in [3.63, 3.8) is 0 Å². The summed E-state index contributed by atoms with van der Waals surface area (Å²) in [7, 11) is 0. The second kappa shape index (κ2) is 3.92. The van der Waals surface area contributed by atoms with Crippen molar-refractivity contribution in [2.75, 3.05) is 5.73 Å². The number of hydrogen-bond acceptors (Lipinski definition) is 3. The van der Waals surface area contributed by atoms with E-state index < -0.39 is 0 Å². The molecule has 5 nitrogen and oxygen atoms in total. The van der Waals surface area contributed by atoms with E-state index in [0.29, 0.717) is 17.4 Å². The van der Waals surface area contributed by atoms with E-state index in [-0.39, 0.29) is 5.91 Å². The van der Waals surface area contributed by atoms with E-state index in [1.807, 2.05) is 0 Å². The molecule has 1 aliphatic rings. The smallest absolute Gasteiger partial charge is 0.274 e. The van der Waals surface area contributed by atoms with Crippen LogP contribution in [0.25, 0.3) is 0 Å². The predicted molar refractivity (Wildman–Crippen MR) is 57.5 cm³/mol. The van der Waals surface area contributed by atoms with Crippen LogP contribution < -0.4 is 11.1 Å². The molecule has 1 aliphatic carbocycles. The van der Waals surface area contributed by atoms with E-state index in [9.17, 15) is 4.79 Å². The van der Waals surface area contributed by atoms with Crippen LogP contribution in [-0.2, 0) is 0 Å². The number of aromatic amines is 1. The van der Waals surface area contributed by atoms with Crippen LogP contribution in [0, 0.1) is 6.92 Å². The first kappa shape index (κ1) is 10.0. The third-order valence-corrected chi connectivity index (χ3v) is 2.90. The Hall–Kier alpha value is -1.52. The van der Waals surface area contributed by atoms with Crippen LogP contribution >= 0.6 is 0 Å². The van der Waals surface area contributed by atoms with Crippen LogP contribution in [0.3, 0.4) is 0 Å². The Bertz CT molecular complexity index is 365.